The predicted molar refractivity (Wildman–Crippen MR) is 108 cm³/mol. The number of rotatable bonds is 4. The summed E-state index contributed by atoms with van der Waals surface area (Å²) >= 11 is 0. The standard InChI is InChI=1S/C23H16N4O/c24-15-17-5-1-2-6-20(17)21-7-3-4-8-22(21)23(28)26-18-9-11-19(12-10-18)27-14-13-25-16-27/h1-14,16H,(H,26,28). The van der Waals surface area contributed by atoms with Gasteiger partial charge in [0.1, 0.15) is 0 Å². The van der Waals surface area contributed by atoms with Gasteiger partial charge >= 0.3 is 0 Å². The summed E-state index contributed by atoms with van der Waals surface area (Å²) < 4.78 is 1.89. The number of nitriles is 1. The SMILES string of the molecule is N#Cc1ccccc1-c1ccccc1C(=O)Nc1ccc(-n2ccnc2)cc1. The molecule has 0 saturated carbocycles. The van der Waals surface area contributed by atoms with Gasteiger partial charge in [-0.25, -0.2) is 4.98 Å². The van der Waals surface area contributed by atoms with Crippen LogP contribution in [0.4, 0.5) is 5.69 Å². The molecule has 0 aliphatic rings. The van der Waals surface area contributed by atoms with Gasteiger partial charge in [-0.2, -0.15) is 5.26 Å². The Bertz CT molecular complexity index is 1160. The maximum atomic E-state index is 12.9. The summed E-state index contributed by atoms with van der Waals surface area (Å²) in [5.74, 6) is -0.223. The van der Waals surface area contributed by atoms with Crippen LogP contribution in [0.2, 0.25) is 0 Å². The molecular formula is C23H16N4O. The van der Waals surface area contributed by atoms with Crippen molar-refractivity contribution in [2.45, 2.75) is 0 Å². The smallest absolute Gasteiger partial charge is 0.256 e. The first-order valence-corrected chi connectivity index (χ1v) is 8.74. The van der Waals surface area contributed by atoms with Crippen LogP contribution in [0.1, 0.15) is 15.9 Å². The molecule has 3 aromatic carbocycles. The molecule has 0 radical (unpaired) electrons. The fraction of sp³-hybridized carbons (Fsp3) is 0. The van der Waals surface area contributed by atoms with Gasteiger partial charge in [0.25, 0.3) is 5.91 Å². The molecule has 0 aliphatic heterocycles. The van der Waals surface area contributed by atoms with E-state index in [0.29, 0.717) is 16.8 Å². The first-order chi connectivity index (χ1) is 13.8. The summed E-state index contributed by atoms with van der Waals surface area (Å²) in [5.41, 5.74) is 4.17. The largest absolute Gasteiger partial charge is 0.322 e. The van der Waals surface area contributed by atoms with Gasteiger partial charge in [0, 0.05) is 34.9 Å². The molecular weight excluding hydrogens is 348 g/mol. The van der Waals surface area contributed by atoms with Crippen molar-refractivity contribution in [1.29, 1.82) is 5.26 Å². The molecule has 28 heavy (non-hydrogen) atoms. The maximum absolute atomic E-state index is 12.9. The summed E-state index contributed by atoms with van der Waals surface area (Å²) in [6.45, 7) is 0. The molecule has 4 aromatic rings. The zero-order valence-corrected chi connectivity index (χ0v) is 14.9. The van der Waals surface area contributed by atoms with Crippen LogP contribution in [-0.4, -0.2) is 15.5 Å². The highest BCUT2D eigenvalue weighted by Crippen LogP contribution is 2.27. The fourth-order valence-electron chi connectivity index (χ4n) is 3.06. The van der Waals surface area contributed by atoms with E-state index in [1.165, 1.54) is 0 Å². The molecule has 1 heterocycles. The Morgan fingerprint density at radius 2 is 1.64 bits per heavy atom. The van der Waals surface area contributed by atoms with Gasteiger partial charge in [-0.1, -0.05) is 36.4 Å². The highest BCUT2D eigenvalue weighted by atomic mass is 16.1. The second-order valence-electron chi connectivity index (χ2n) is 6.17. The molecule has 0 fully saturated rings. The number of nitrogens with zero attached hydrogens (tertiary/aromatic N) is 3. The Kier molecular flexibility index (Phi) is 4.68. The van der Waals surface area contributed by atoms with Crippen molar-refractivity contribution < 1.29 is 4.79 Å². The van der Waals surface area contributed by atoms with E-state index in [4.69, 9.17) is 0 Å². The zero-order valence-electron chi connectivity index (χ0n) is 14.9. The second-order valence-corrected chi connectivity index (χ2v) is 6.17. The van der Waals surface area contributed by atoms with Gasteiger partial charge in [-0.05, 0) is 42.0 Å². The number of hydrogen-bond donors (Lipinski definition) is 1. The second kappa shape index (κ2) is 7.60. The number of amides is 1. The Balaban J connectivity index is 1.62. The predicted octanol–water partition coefficient (Wildman–Crippen LogP) is 4.66. The number of aromatic nitrogens is 2. The van der Waals surface area contributed by atoms with E-state index in [-0.39, 0.29) is 5.91 Å². The maximum Gasteiger partial charge on any atom is 0.256 e. The minimum absolute atomic E-state index is 0.223. The molecule has 134 valence electrons. The molecule has 0 unspecified atom stereocenters. The minimum Gasteiger partial charge on any atom is -0.322 e. The van der Waals surface area contributed by atoms with Gasteiger partial charge in [-0.15, -0.1) is 0 Å². The van der Waals surface area contributed by atoms with Crippen LogP contribution in [0, 0.1) is 11.3 Å². The van der Waals surface area contributed by atoms with Gasteiger partial charge in [-0.3, -0.25) is 4.79 Å². The van der Waals surface area contributed by atoms with Crippen molar-refractivity contribution in [3.63, 3.8) is 0 Å². The molecule has 0 aliphatic carbocycles. The van der Waals surface area contributed by atoms with Crippen molar-refractivity contribution in [3.05, 3.63) is 103 Å². The van der Waals surface area contributed by atoms with Crippen molar-refractivity contribution in [3.8, 4) is 22.9 Å². The molecule has 4 rings (SSSR count). The molecule has 1 N–H and O–H groups in total. The topological polar surface area (TPSA) is 70.7 Å². The Morgan fingerprint density at radius 1 is 0.929 bits per heavy atom. The molecule has 1 amide bonds. The van der Waals surface area contributed by atoms with Crippen LogP contribution >= 0.6 is 0 Å². The molecule has 5 heteroatoms. The van der Waals surface area contributed by atoms with Gasteiger partial charge in [0.15, 0.2) is 0 Å². The summed E-state index contributed by atoms with van der Waals surface area (Å²) in [6.07, 6.45) is 5.29. The van der Waals surface area contributed by atoms with Crippen molar-refractivity contribution in [2.24, 2.45) is 0 Å². The summed E-state index contributed by atoms with van der Waals surface area (Å²) in [6, 6.07) is 24.3. The summed E-state index contributed by atoms with van der Waals surface area (Å²) in [5, 5.41) is 12.3. The highest BCUT2D eigenvalue weighted by Gasteiger charge is 2.15. The first-order valence-electron chi connectivity index (χ1n) is 8.74. The van der Waals surface area contributed by atoms with Crippen LogP contribution in [0.3, 0.4) is 0 Å². The number of hydrogen-bond acceptors (Lipinski definition) is 3. The van der Waals surface area contributed by atoms with Crippen molar-refractivity contribution in [1.82, 2.24) is 9.55 Å². The zero-order chi connectivity index (χ0) is 19.3. The van der Waals surface area contributed by atoms with Crippen molar-refractivity contribution >= 4 is 11.6 Å². The monoisotopic (exact) mass is 364 g/mol. The Hall–Kier alpha value is -4.17. The number of imidazole rings is 1. The Morgan fingerprint density at radius 3 is 2.36 bits per heavy atom. The van der Waals surface area contributed by atoms with Crippen LogP contribution in [0.15, 0.2) is 91.5 Å². The number of anilines is 1. The van der Waals surface area contributed by atoms with E-state index in [2.05, 4.69) is 16.4 Å². The van der Waals surface area contributed by atoms with Crippen LogP contribution in [-0.2, 0) is 0 Å². The number of carbonyl (C=O) groups is 1. The van der Waals surface area contributed by atoms with E-state index in [9.17, 15) is 10.1 Å². The fourth-order valence-corrected chi connectivity index (χ4v) is 3.06. The lowest BCUT2D eigenvalue weighted by molar-refractivity contribution is 0.102. The average molecular weight is 364 g/mol. The van der Waals surface area contributed by atoms with Gasteiger partial charge in [0.2, 0.25) is 0 Å². The van der Waals surface area contributed by atoms with Crippen molar-refractivity contribution in [2.75, 3.05) is 5.32 Å². The quantitative estimate of drug-likeness (QED) is 0.572. The van der Waals surface area contributed by atoms with Crippen LogP contribution in [0.5, 0.6) is 0 Å². The summed E-state index contributed by atoms with van der Waals surface area (Å²) in [7, 11) is 0. The average Bonchev–Trinajstić information content (AvgIpc) is 3.29. The molecule has 0 atom stereocenters. The molecule has 0 saturated heterocycles. The molecule has 0 spiro atoms. The normalized spacial score (nSPS) is 10.2. The number of nitrogens with one attached hydrogen (secondary N) is 1. The third-order valence-corrected chi connectivity index (χ3v) is 4.44. The first kappa shape index (κ1) is 17.3. The van der Waals surface area contributed by atoms with E-state index in [1.54, 1.807) is 24.7 Å². The van der Waals surface area contributed by atoms with E-state index < -0.39 is 0 Å². The Labute approximate surface area is 162 Å². The molecule has 5 nitrogen and oxygen atoms in total. The number of carbonyl (C=O) groups excluding carboxylic acids is 1. The third-order valence-electron chi connectivity index (χ3n) is 4.44. The number of benzene rings is 3. The van der Waals surface area contributed by atoms with Crippen LogP contribution < -0.4 is 5.32 Å². The molecule has 0 bridgehead atoms. The lowest BCUT2D eigenvalue weighted by atomic mass is 9.95. The van der Waals surface area contributed by atoms with Gasteiger partial charge < -0.3 is 9.88 Å². The minimum atomic E-state index is -0.223. The van der Waals surface area contributed by atoms with E-state index in [0.717, 1.165) is 16.8 Å². The molecule has 1 aromatic heterocycles. The third kappa shape index (κ3) is 3.39. The highest BCUT2D eigenvalue weighted by molar-refractivity contribution is 6.09. The summed E-state index contributed by atoms with van der Waals surface area (Å²) in [4.78, 5) is 16.9. The van der Waals surface area contributed by atoms with E-state index >= 15 is 0 Å². The lowest BCUT2D eigenvalue weighted by Crippen LogP contribution is -2.13. The lowest BCUT2D eigenvalue weighted by Gasteiger charge is -2.12. The van der Waals surface area contributed by atoms with Crippen LogP contribution in [0.25, 0.3) is 16.8 Å². The van der Waals surface area contributed by atoms with Gasteiger partial charge in [0.05, 0.1) is 18.0 Å². The van der Waals surface area contributed by atoms with E-state index in [1.807, 2.05) is 71.4 Å².